The van der Waals surface area contributed by atoms with Gasteiger partial charge in [0.15, 0.2) is 6.29 Å². The molecule has 3 N–H and O–H groups in total. The van der Waals surface area contributed by atoms with Crippen LogP contribution in [-0.4, -0.2) is 29.6 Å². The fourth-order valence-corrected chi connectivity index (χ4v) is 0.931. The van der Waals surface area contributed by atoms with Crippen LogP contribution >= 0.6 is 0 Å². The zero-order valence-corrected chi connectivity index (χ0v) is 4.67. The molecule has 1 fully saturated rings. The average Bonchev–Trinajstić information content (AvgIpc) is 2.12. The van der Waals surface area contributed by atoms with Crippen molar-refractivity contribution in [2.24, 2.45) is 5.92 Å². The van der Waals surface area contributed by atoms with E-state index in [0.29, 0.717) is 0 Å². The summed E-state index contributed by atoms with van der Waals surface area (Å²) in [4.78, 5) is 0. The van der Waals surface area contributed by atoms with Crippen molar-refractivity contribution in [3.63, 3.8) is 0 Å². The summed E-state index contributed by atoms with van der Waals surface area (Å²) in [7, 11) is 0. The van der Waals surface area contributed by atoms with Crippen molar-refractivity contribution in [3.05, 3.63) is 0 Å². The molecule has 0 aliphatic carbocycles. The predicted molar refractivity (Wildman–Crippen MR) is 29.2 cm³/mol. The standard InChI is InChI=1S/C5H11NO2/c7-5(8)4-1-2-6-3-4/h4-8H,1-3H2/t4-/m1/s1. The lowest BCUT2D eigenvalue weighted by Gasteiger charge is -2.08. The summed E-state index contributed by atoms with van der Waals surface area (Å²) in [5, 5.41) is 20.2. The summed E-state index contributed by atoms with van der Waals surface area (Å²) in [6, 6.07) is 0. The van der Waals surface area contributed by atoms with E-state index in [4.69, 9.17) is 10.2 Å². The highest BCUT2D eigenvalue weighted by Gasteiger charge is 2.19. The third-order valence-electron chi connectivity index (χ3n) is 1.52. The van der Waals surface area contributed by atoms with Crippen molar-refractivity contribution >= 4 is 0 Å². The molecule has 0 unspecified atom stereocenters. The highest BCUT2D eigenvalue weighted by molar-refractivity contribution is 4.71. The van der Waals surface area contributed by atoms with E-state index in [-0.39, 0.29) is 5.92 Å². The lowest BCUT2D eigenvalue weighted by atomic mass is 10.1. The van der Waals surface area contributed by atoms with Crippen molar-refractivity contribution in [2.75, 3.05) is 13.1 Å². The normalized spacial score (nSPS) is 29.6. The summed E-state index contributed by atoms with van der Waals surface area (Å²) in [6.45, 7) is 1.67. The number of hydrogen-bond acceptors (Lipinski definition) is 3. The van der Waals surface area contributed by atoms with Crippen molar-refractivity contribution in [2.45, 2.75) is 12.7 Å². The van der Waals surface area contributed by atoms with Gasteiger partial charge in [0.2, 0.25) is 0 Å². The lowest BCUT2D eigenvalue weighted by molar-refractivity contribution is -0.0776. The minimum absolute atomic E-state index is 0.0648. The molecule has 1 saturated heterocycles. The molecular formula is C5H11NO2. The first-order valence-corrected chi connectivity index (χ1v) is 2.87. The predicted octanol–water partition coefficient (Wildman–Crippen LogP) is -1.09. The van der Waals surface area contributed by atoms with Gasteiger partial charge in [0.05, 0.1) is 0 Å². The van der Waals surface area contributed by atoms with Gasteiger partial charge in [-0.25, -0.2) is 0 Å². The van der Waals surface area contributed by atoms with Crippen LogP contribution in [0.3, 0.4) is 0 Å². The smallest absolute Gasteiger partial charge is 0.155 e. The van der Waals surface area contributed by atoms with Gasteiger partial charge in [-0.1, -0.05) is 0 Å². The van der Waals surface area contributed by atoms with E-state index in [1.807, 2.05) is 0 Å². The van der Waals surface area contributed by atoms with E-state index in [0.717, 1.165) is 19.5 Å². The minimum Gasteiger partial charge on any atom is -0.368 e. The quantitative estimate of drug-likeness (QED) is 0.382. The monoisotopic (exact) mass is 117 g/mol. The molecule has 1 aliphatic heterocycles. The fourth-order valence-electron chi connectivity index (χ4n) is 0.931. The Morgan fingerprint density at radius 1 is 1.50 bits per heavy atom. The molecule has 8 heavy (non-hydrogen) atoms. The summed E-state index contributed by atoms with van der Waals surface area (Å²) in [5.74, 6) is 0.0648. The Balaban J connectivity index is 2.24. The molecular weight excluding hydrogens is 106 g/mol. The van der Waals surface area contributed by atoms with Gasteiger partial charge in [-0.15, -0.1) is 0 Å². The van der Waals surface area contributed by atoms with Crippen LogP contribution in [0.2, 0.25) is 0 Å². The highest BCUT2D eigenvalue weighted by atomic mass is 16.5. The van der Waals surface area contributed by atoms with Gasteiger partial charge in [0, 0.05) is 12.5 Å². The lowest BCUT2D eigenvalue weighted by Crippen LogP contribution is -2.21. The second kappa shape index (κ2) is 2.44. The van der Waals surface area contributed by atoms with Gasteiger partial charge < -0.3 is 15.5 Å². The third kappa shape index (κ3) is 1.18. The molecule has 3 heteroatoms. The molecule has 3 nitrogen and oxygen atoms in total. The Bertz CT molecular complexity index is 68.8. The molecule has 0 aromatic heterocycles. The zero-order chi connectivity index (χ0) is 5.98. The molecule has 0 aromatic rings. The largest absolute Gasteiger partial charge is 0.368 e. The van der Waals surface area contributed by atoms with E-state index in [2.05, 4.69) is 5.32 Å². The highest BCUT2D eigenvalue weighted by Crippen LogP contribution is 2.09. The maximum absolute atomic E-state index is 8.57. The molecule has 0 amide bonds. The average molecular weight is 117 g/mol. The SMILES string of the molecule is OC(O)[C@@H]1CCNC1. The minimum atomic E-state index is -1.12. The molecule has 48 valence electrons. The van der Waals surface area contributed by atoms with Gasteiger partial charge in [-0.2, -0.15) is 0 Å². The third-order valence-corrected chi connectivity index (χ3v) is 1.52. The van der Waals surface area contributed by atoms with E-state index >= 15 is 0 Å². The van der Waals surface area contributed by atoms with Crippen molar-refractivity contribution in [1.29, 1.82) is 0 Å². The van der Waals surface area contributed by atoms with Gasteiger partial charge in [-0.3, -0.25) is 0 Å². The van der Waals surface area contributed by atoms with E-state index in [9.17, 15) is 0 Å². The van der Waals surface area contributed by atoms with Gasteiger partial charge in [0.25, 0.3) is 0 Å². The Morgan fingerprint density at radius 3 is 2.50 bits per heavy atom. The summed E-state index contributed by atoms with van der Waals surface area (Å²) in [5.41, 5.74) is 0. The van der Waals surface area contributed by atoms with Crippen molar-refractivity contribution in [3.8, 4) is 0 Å². The molecule has 0 bridgehead atoms. The van der Waals surface area contributed by atoms with E-state index in [1.165, 1.54) is 0 Å². The van der Waals surface area contributed by atoms with Crippen LogP contribution in [0.4, 0.5) is 0 Å². The summed E-state index contributed by atoms with van der Waals surface area (Å²) in [6.07, 6.45) is -0.234. The molecule has 1 rings (SSSR count). The van der Waals surface area contributed by atoms with E-state index in [1.54, 1.807) is 0 Å². The second-order valence-corrected chi connectivity index (χ2v) is 2.17. The van der Waals surface area contributed by atoms with Gasteiger partial charge in [-0.05, 0) is 13.0 Å². The molecule has 0 radical (unpaired) electrons. The summed E-state index contributed by atoms with van der Waals surface area (Å²) >= 11 is 0. The Morgan fingerprint density at radius 2 is 2.25 bits per heavy atom. The first-order chi connectivity index (χ1) is 3.80. The second-order valence-electron chi connectivity index (χ2n) is 2.17. The Kier molecular flexibility index (Phi) is 1.83. The molecule has 1 atom stereocenters. The van der Waals surface area contributed by atoms with Crippen molar-refractivity contribution in [1.82, 2.24) is 5.32 Å². The van der Waals surface area contributed by atoms with Crippen LogP contribution in [0.1, 0.15) is 6.42 Å². The molecule has 0 saturated carbocycles. The van der Waals surface area contributed by atoms with Crippen LogP contribution in [0.5, 0.6) is 0 Å². The number of aliphatic hydroxyl groups excluding tert-OH is 1. The maximum atomic E-state index is 8.57. The number of rotatable bonds is 1. The summed E-state index contributed by atoms with van der Waals surface area (Å²) < 4.78 is 0. The van der Waals surface area contributed by atoms with E-state index < -0.39 is 6.29 Å². The first kappa shape index (κ1) is 6.01. The van der Waals surface area contributed by atoms with Gasteiger partial charge in [0.1, 0.15) is 0 Å². The number of nitrogens with one attached hydrogen (secondary N) is 1. The van der Waals surface area contributed by atoms with Crippen LogP contribution in [0.15, 0.2) is 0 Å². The number of hydrogen-bond donors (Lipinski definition) is 3. The van der Waals surface area contributed by atoms with Crippen LogP contribution in [0.25, 0.3) is 0 Å². The molecule has 1 aliphatic rings. The Hall–Kier alpha value is -0.120. The van der Waals surface area contributed by atoms with Crippen LogP contribution in [0, 0.1) is 5.92 Å². The Labute approximate surface area is 48.3 Å². The topological polar surface area (TPSA) is 52.5 Å². The molecule has 0 aromatic carbocycles. The van der Waals surface area contributed by atoms with Crippen LogP contribution in [-0.2, 0) is 0 Å². The maximum Gasteiger partial charge on any atom is 0.155 e. The number of aliphatic hydroxyl groups is 2. The first-order valence-electron chi connectivity index (χ1n) is 2.87. The van der Waals surface area contributed by atoms with Gasteiger partial charge >= 0.3 is 0 Å². The molecule has 1 heterocycles. The zero-order valence-electron chi connectivity index (χ0n) is 4.67. The van der Waals surface area contributed by atoms with Crippen molar-refractivity contribution < 1.29 is 10.2 Å². The molecule has 0 spiro atoms. The fraction of sp³-hybridized carbons (Fsp3) is 1.00. The van der Waals surface area contributed by atoms with Crippen LogP contribution < -0.4 is 5.32 Å².